The summed E-state index contributed by atoms with van der Waals surface area (Å²) in [5.41, 5.74) is 1.33. The molecule has 0 aliphatic carbocycles. The third-order valence-corrected chi connectivity index (χ3v) is 2.63. The van der Waals surface area contributed by atoms with Gasteiger partial charge in [-0.15, -0.1) is 0 Å². The standard InChI is InChI=1S/C11H15N3O2/c1-8-10(7-12-9(2)13-8)11(15)14-3-5-16-6-4-14/h7H,3-6H2,1-2H3. The molecular weight excluding hydrogens is 206 g/mol. The highest BCUT2D eigenvalue weighted by Gasteiger charge is 2.20. The van der Waals surface area contributed by atoms with Crippen LogP contribution in [-0.4, -0.2) is 47.1 Å². The summed E-state index contributed by atoms with van der Waals surface area (Å²) >= 11 is 0. The minimum atomic E-state index is 0.000741. The van der Waals surface area contributed by atoms with Gasteiger partial charge >= 0.3 is 0 Å². The molecule has 1 aliphatic heterocycles. The number of nitrogens with zero attached hydrogens (tertiary/aromatic N) is 3. The molecular formula is C11H15N3O2. The van der Waals surface area contributed by atoms with Gasteiger partial charge in [0.15, 0.2) is 0 Å². The zero-order chi connectivity index (χ0) is 11.5. The van der Waals surface area contributed by atoms with Crippen LogP contribution >= 0.6 is 0 Å². The van der Waals surface area contributed by atoms with Crippen molar-refractivity contribution in [1.82, 2.24) is 14.9 Å². The lowest BCUT2D eigenvalue weighted by molar-refractivity contribution is 0.0301. The van der Waals surface area contributed by atoms with Gasteiger partial charge in [-0.1, -0.05) is 0 Å². The normalized spacial score (nSPS) is 16.2. The Bertz CT molecular complexity index is 400. The van der Waals surface area contributed by atoms with Crippen molar-refractivity contribution in [3.8, 4) is 0 Å². The number of hydrogen-bond acceptors (Lipinski definition) is 4. The Balaban J connectivity index is 2.19. The van der Waals surface area contributed by atoms with Gasteiger partial charge in [0.2, 0.25) is 0 Å². The molecule has 86 valence electrons. The second-order valence-electron chi connectivity index (χ2n) is 3.82. The second kappa shape index (κ2) is 4.57. The van der Waals surface area contributed by atoms with E-state index in [0.717, 1.165) is 5.69 Å². The summed E-state index contributed by atoms with van der Waals surface area (Å²) in [6.07, 6.45) is 1.61. The van der Waals surface area contributed by atoms with Gasteiger partial charge < -0.3 is 9.64 Å². The number of morpholine rings is 1. The van der Waals surface area contributed by atoms with Crippen LogP contribution in [-0.2, 0) is 4.74 Å². The number of aryl methyl sites for hydroxylation is 2. The van der Waals surface area contributed by atoms with E-state index in [0.29, 0.717) is 37.7 Å². The van der Waals surface area contributed by atoms with E-state index in [2.05, 4.69) is 9.97 Å². The van der Waals surface area contributed by atoms with Crippen LogP contribution in [0.5, 0.6) is 0 Å². The lowest BCUT2D eigenvalue weighted by atomic mass is 10.2. The summed E-state index contributed by atoms with van der Waals surface area (Å²) in [6, 6.07) is 0. The fourth-order valence-electron chi connectivity index (χ4n) is 1.73. The van der Waals surface area contributed by atoms with Crippen LogP contribution in [0.3, 0.4) is 0 Å². The first-order chi connectivity index (χ1) is 7.68. The topological polar surface area (TPSA) is 55.3 Å². The lowest BCUT2D eigenvalue weighted by Gasteiger charge is -2.27. The summed E-state index contributed by atoms with van der Waals surface area (Å²) in [4.78, 5) is 22.2. The van der Waals surface area contributed by atoms with Crippen LogP contribution in [0.25, 0.3) is 0 Å². The number of hydrogen-bond donors (Lipinski definition) is 0. The van der Waals surface area contributed by atoms with Crippen molar-refractivity contribution in [2.45, 2.75) is 13.8 Å². The van der Waals surface area contributed by atoms with Crippen molar-refractivity contribution in [2.24, 2.45) is 0 Å². The van der Waals surface area contributed by atoms with Crippen molar-refractivity contribution >= 4 is 5.91 Å². The zero-order valence-corrected chi connectivity index (χ0v) is 9.56. The Labute approximate surface area is 94.5 Å². The van der Waals surface area contributed by atoms with Crippen molar-refractivity contribution in [3.05, 3.63) is 23.3 Å². The summed E-state index contributed by atoms with van der Waals surface area (Å²) in [5, 5.41) is 0. The van der Waals surface area contributed by atoms with Crippen LogP contribution in [0.4, 0.5) is 0 Å². The third kappa shape index (κ3) is 2.19. The fraction of sp³-hybridized carbons (Fsp3) is 0.545. The van der Waals surface area contributed by atoms with Gasteiger partial charge in [-0.25, -0.2) is 9.97 Å². The van der Waals surface area contributed by atoms with E-state index in [1.54, 1.807) is 11.1 Å². The number of carbonyl (C=O) groups is 1. The molecule has 0 aromatic carbocycles. The quantitative estimate of drug-likeness (QED) is 0.695. The minimum absolute atomic E-state index is 0.000741. The molecule has 1 aromatic rings. The van der Waals surface area contributed by atoms with Crippen molar-refractivity contribution in [1.29, 1.82) is 0 Å². The molecule has 5 nitrogen and oxygen atoms in total. The largest absolute Gasteiger partial charge is 0.378 e. The van der Waals surface area contributed by atoms with Gasteiger partial charge in [0.1, 0.15) is 5.82 Å². The minimum Gasteiger partial charge on any atom is -0.378 e. The van der Waals surface area contributed by atoms with Crippen LogP contribution < -0.4 is 0 Å². The van der Waals surface area contributed by atoms with E-state index in [4.69, 9.17) is 4.74 Å². The Hall–Kier alpha value is -1.49. The third-order valence-electron chi connectivity index (χ3n) is 2.63. The summed E-state index contributed by atoms with van der Waals surface area (Å²) in [6.45, 7) is 6.16. The molecule has 0 saturated carbocycles. The summed E-state index contributed by atoms with van der Waals surface area (Å²) < 4.78 is 5.21. The van der Waals surface area contributed by atoms with E-state index < -0.39 is 0 Å². The first kappa shape index (κ1) is 11.0. The highest BCUT2D eigenvalue weighted by atomic mass is 16.5. The van der Waals surface area contributed by atoms with Gasteiger partial charge in [-0.3, -0.25) is 4.79 Å². The molecule has 1 saturated heterocycles. The first-order valence-electron chi connectivity index (χ1n) is 5.36. The van der Waals surface area contributed by atoms with Gasteiger partial charge in [0.05, 0.1) is 24.5 Å². The SMILES string of the molecule is Cc1ncc(C(=O)N2CCOCC2)c(C)n1. The maximum atomic E-state index is 12.1. The molecule has 16 heavy (non-hydrogen) atoms. The molecule has 0 spiro atoms. The molecule has 2 heterocycles. The Kier molecular flexibility index (Phi) is 3.14. The molecule has 0 N–H and O–H groups in total. The van der Waals surface area contributed by atoms with Crippen LogP contribution in [0, 0.1) is 13.8 Å². The van der Waals surface area contributed by atoms with E-state index in [-0.39, 0.29) is 5.91 Å². The average molecular weight is 221 g/mol. The molecule has 1 amide bonds. The lowest BCUT2D eigenvalue weighted by Crippen LogP contribution is -2.41. The molecule has 5 heteroatoms. The number of carbonyl (C=O) groups excluding carboxylic acids is 1. The van der Waals surface area contributed by atoms with E-state index in [1.807, 2.05) is 13.8 Å². The Morgan fingerprint density at radius 2 is 2.06 bits per heavy atom. The van der Waals surface area contributed by atoms with Crippen LogP contribution in [0.15, 0.2) is 6.20 Å². The fourth-order valence-corrected chi connectivity index (χ4v) is 1.73. The highest BCUT2D eigenvalue weighted by Crippen LogP contribution is 2.09. The van der Waals surface area contributed by atoms with E-state index in [1.165, 1.54) is 0 Å². The molecule has 0 unspecified atom stereocenters. The van der Waals surface area contributed by atoms with Crippen molar-refractivity contribution in [2.75, 3.05) is 26.3 Å². The molecule has 0 atom stereocenters. The maximum absolute atomic E-state index is 12.1. The molecule has 0 bridgehead atoms. The predicted octanol–water partition coefficient (Wildman–Crippen LogP) is 0.566. The maximum Gasteiger partial charge on any atom is 0.257 e. The predicted molar refractivity (Wildman–Crippen MR) is 58.2 cm³/mol. The Morgan fingerprint density at radius 3 is 2.69 bits per heavy atom. The van der Waals surface area contributed by atoms with Gasteiger partial charge in [0.25, 0.3) is 5.91 Å². The molecule has 1 aliphatic rings. The molecule has 1 fully saturated rings. The van der Waals surface area contributed by atoms with Crippen molar-refractivity contribution < 1.29 is 9.53 Å². The number of rotatable bonds is 1. The van der Waals surface area contributed by atoms with Gasteiger partial charge in [-0.2, -0.15) is 0 Å². The summed E-state index contributed by atoms with van der Waals surface area (Å²) in [5.74, 6) is 0.692. The van der Waals surface area contributed by atoms with E-state index in [9.17, 15) is 4.79 Å². The Morgan fingerprint density at radius 1 is 1.38 bits per heavy atom. The van der Waals surface area contributed by atoms with E-state index >= 15 is 0 Å². The van der Waals surface area contributed by atoms with Gasteiger partial charge in [0, 0.05) is 19.3 Å². The molecule has 1 aromatic heterocycles. The average Bonchev–Trinajstić information content (AvgIpc) is 2.29. The van der Waals surface area contributed by atoms with Crippen LogP contribution in [0.1, 0.15) is 21.9 Å². The summed E-state index contributed by atoms with van der Waals surface area (Å²) in [7, 11) is 0. The second-order valence-corrected chi connectivity index (χ2v) is 3.82. The first-order valence-corrected chi connectivity index (χ1v) is 5.36. The molecule has 2 rings (SSSR count). The number of amides is 1. The number of ether oxygens (including phenoxy) is 1. The smallest absolute Gasteiger partial charge is 0.257 e. The zero-order valence-electron chi connectivity index (χ0n) is 9.56. The number of aromatic nitrogens is 2. The van der Waals surface area contributed by atoms with Crippen molar-refractivity contribution in [3.63, 3.8) is 0 Å². The highest BCUT2D eigenvalue weighted by molar-refractivity contribution is 5.94. The monoisotopic (exact) mass is 221 g/mol. The van der Waals surface area contributed by atoms with Gasteiger partial charge in [-0.05, 0) is 13.8 Å². The van der Waals surface area contributed by atoms with Crippen LogP contribution in [0.2, 0.25) is 0 Å². The molecule has 0 radical (unpaired) electrons.